The fourth-order valence-corrected chi connectivity index (χ4v) is 3.77. The summed E-state index contributed by atoms with van der Waals surface area (Å²) in [4.78, 5) is 17.2. The number of fused-ring (bicyclic) bond motifs is 3. The van der Waals surface area contributed by atoms with Crippen LogP contribution in [0.15, 0.2) is 40.8 Å². The highest BCUT2D eigenvalue weighted by Gasteiger charge is 2.23. The number of rotatable bonds is 2. The zero-order valence-corrected chi connectivity index (χ0v) is 13.4. The molecule has 0 atom stereocenters. The van der Waals surface area contributed by atoms with Crippen LogP contribution in [-0.2, 0) is 0 Å². The standard InChI is InChI=1S/C18H13NO3S/c1-9-14(16(21)11-6-4-3-5-7-11)12-8-13(20)15-18(17(12)22-9)23-10(2)19-15/h3-8,20H,1-2H3. The first-order valence-electron chi connectivity index (χ1n) is 7.18. The number of hydrogen-bond donors (Lipinski definition) is 1. The number of furan rings is 1. The number of aromatic hydroxyl groups is 1. The van der Waals surface area contributed by atoms with Gasteiger partial charge in [-0.2, -0.15) is 0 Å². The van der Waals surface area contributed by atoms with E-state index in [0.717, 1.165) is 9.71 Å². The molecule has 4 nitrogen and oxygen atoms in total. The summed E-state index contributed by atoms with van der Waals surface area (Å²) < 4.78 is 6.63. The number of benzene rings is 2. The first kappa shape index (κ1) is 14.0. The number of phenolic OH excluding ortho intramolecular Hbond substituents is 1. The predicted octanol–water partition coefficient (Wildman–Crippen LogP) is 4.60. The molecule has 0 aliphatic carbocycles. The van der Waals surface area contributed by atoms with Gasteiger partial charge < -0.3 is 9.52 Å². The molecule has 0 fully saturated rings. The van der Waals surface area contributed by atoms with Crippen LogP contribution in [0.3, 0.4) is 0 Å². The molecule has 0 radical (unpaired) electrons. The fraction of sp³-hybridized carbons (Fsp3) is 0.111. The number of hydrogen-bond acceptors (Lipinski definition) is 5. The third-order valence-corrected chi connectivity index (χ3v) is 4.82. The van der Waals surface area contributed by atoms with E-state index in [9.17, 15) is 9.90 Å². The minimum absolute atomic E-state index is 0.0692. The van der Waals surface area contributed by atoms with Gasteiger partial charge in [-0.15, -0.1) is 11.3 Å². The molecule has 4 rings (SSSR count). The summed E-state index contributed by atoms with van der Waals surface area (Å²) in [5, 5.41) is 11.7. The highest BCUT2D eigenvalue weighted by Crippen LogP contribution is 2.40. The zero-order chi connectivity index (χ0) is 16.1. The Balaban J connectivity index is 2.05. The van der Waals surface area contributed by atoms with Crippen molar-refractivity contribution in [2.75, 3.05) is 0 Å². The van der Waals surface area contributed by atoms with Crippen molar-refractivity contribution in [2.24, 2.45) is 0 Å². The van der Waals surface area contributed by atoms with E-state index >= 15 is 0 Å². The molecule has 0 spiro atoms. The van der Waals surface area contributed by atoms with Crippen LogP contribution < -0.4 is 0 Å². The van der Waals surface area contributed by atoms with Crippen LogP contribution >= 0.6 is 11.3 Å². The van der Waals surface area contributed by atoms with Crippen LogP contribution in [0, 0.1) is 13.8 Å². The molecule has 0 unspecified atom stereocenters. The van der Waals surface area contributed by atoms with Crippen molar-refractivity contribution in [1.82, 2.24) is 4.98 Å². The smallest absolute Gasteiger partial charge is 0.197 e. The Labute approximate surface area is 136 Å². The van der Waals surface area contributed by atoms with Gasteiger partial charge in [0.1, 0.15) is 21.7 Å². The second-order valence-corrected chi connectivity index (χ2v) is 6.61. The minimum atomic E-state index is -0.109. The third-order valence-electron chi connectivity index (χ3n) is 3.85. The number of phenols is 1. The van der Waals surface area contributed by atoms with Crippen molar-refractivity contribution in [3.63, 3.8) is 0 Å². The van der Waals surface area contributed by atoms with E-state index in [1.54, 1.807) is 25.1 Å². The molecule has 2 aromatic heterocycles. The number of thiazole rings is 1. The number of ketones is 1. The van der Waals surface area contributed by atoms with Gasteiger partial charge in [-0.3, -0.25) is 4.79 Å². The molecular formula is C18H13NO3S. The summed E-state index contributed by atoms with van der Waals surface area (Å²) in [5.74, 6) is 0.508. The number of carbonyl (C=O) groups excluding carboxylic acids is 1. The van der Waals surface area contributed by atoms with E-state index in [2.05, 4.69) is 4.98 Å². The molecule has 0 aliphatic heterocycles. The van der Waals surface area contributed by atoms with Gasteiger partial charge in [-0.25, -0.2) is 4.98 Å². The van der Waals surface area contributed by atoms with E-state index in [0.29, 0.717) is 33.4 Å². The van der Waals surface area contributed by atoms with Crippen molar-refractivity contribution in [1.29, 1.82) is 0 Å². The highest BCUT2D eigenvalue weighted by molar-refractivity contribution is 7.19. The van der Waals surface area contributed by atoms with Gasteiger partial charge in [0.2, 0.25) is 0 Å². The molecule has 5 heteroatoms. The highest BCUT2D eigenvalue weighted by atomic mass is 32.1. The monoisotopic (exact) mass is 323 g/mol. The maximum Gasteiger partial charge on any atom is 0.197 e. The average Bonchev–Trinajstić information content (AvgIpc) is 3.08. The molecular weight excluding hydrogens is 310 g/mol. The number of aromatic nitrogens is 1. The van der Waals surface area contributed by atoms with Gasteiger partial charge in [0.15, 0.2) is 11.4 Å². The Morgan fingerprint density at radius 3 is 2.70 bits per heavy atom. The molecule has 23 heavy (non-hydrogen) atoms. The van der Waals surface area contributed by atoms with Gasteiger partial charge in [-0.1, -0.05) is 30.3 Å². The molecule has 2 aromatic carbocycles. The Morgan fingerprint density at radius 1 is 1.22 bits per heavy atom. The molecule has 114 valence electrons. The van der Waals surface area contributed by atoms with Crippen molar-refractivity contribution in [3.05, 3.63) is 58.3 Å². The number of nitrogens with zero attached hydrogens (tertiary/aromatic N) is 1. The topological polar surface area (TPSA) is 63.3 Å². The van der Waals surface area contributed by atoms with E-state index in [4.69, 9.17) is 4.42 Å². The second kappa shape index (κ2) is 4.93. The van der Waals surface area contributed by atoms with Gasteiger partial charge >= 0.3 is 0 Å². The van der Waals surface area contributed by atoms with Gasteiger partial charge in [0.05, 0.1) is 10.6 Å². The normalized spacial score (nSPS) is 11.4. The molecule has 0 aliphatic rings. The van der Waals surface area contributed by atoms with Crippen molar-refractivity contribution >= 4 is 38.3 Å². The summed E-state index contributed by atoms with van der Waals surface area (Å²) in [6.07, 6.45) is 0. The Morgan fingerprint density at radius 2 is 1.96 bits per heavy atom. The Bertz CT molecular complexity index is 1060. The van der Waals surface area contributed by atoms with Crippen LogP contribution in [0.25, 0.3) is 21.2 Å². The SMILES string of the molecule is Cc1nc2c(O)cc3c(C(=O)c4ccccc4)c(C)oc3c2s1. The first-order chi connectivity index (χ1) is 11.1. The molecule has 1 N–H and O–H groups in total. The maximum atomic E-state index is 12.8. The fourth-order valence-electron chi connectivity index (χ4n) is 2.84. The molecule has 4 aromatic rings. The molecule has 0 saturated carbocycles. The summed E-state index contributed by atoms with van der Waals surface area (Å²) >= 11 is 1.45. The minimum Gasteiger partial charge on any atom is -0.506 e. The summed E-state index contributed by atoms with van der Waals surface area (Å²) in [6.45, 7) is 3.65. The van der Waals surface area contributed by atoms with E-state index in [1.807, 2.05) is 25.1 Å². The average molecular weight is 323 g/mol. The van der Waals surface area contributed by atoms with Crippen molar-refractivity contribution in [2.45, 2.75) is 13.8 Å². The quantitative estimate of drug-likeness (QED) is 0.548. The number of aryl methyl sites for hydroxylation is 2. The molecule has 2 heterocycles. The van der Waals surface area contributed by atoms with E-state index in [1.165, 1.54) is 11.3 Å². The summed E-state index contributed by atoms with van der Waals surface area (Å²) in [7, 11) is 0. The van der Waals surface area contributed by atoms with Crippen LogP contribution in [0.4, 0.5) is 0 Å². The maximum absolute atomic E-state index is 12.8. The van der Waals surface area contributed by atoms with Gasteiger partial charge in [-0.05, 0) is 19.9 Å². The predicted molar refractivity (Wildman–Crippen MR) is 90.4 cm³/mol. The Hall–Kier alpha value is -2.66. The van der Waals surface area contributed by atoms with Crippen LogP contribution in [0.5, 0.6) is 5.75 Å². The van der Waals surface area contributed by atoms with Gasteiger partial charge in [0, 0.05) is 10.9 Å². The lowest BCUT2D eigenvalue weighted by Gasteiger charge is -2.01. The van der Waals surface area contributed by atoms with E-state index in [-0.39, 0.29) is 11.5 Å². The van der Waals surface area contributed by atoms with Crippen LogP contribution in [-0.4, -0.2) is 15.9 Å². The lowest BCUT2D eigenvalue weighted by molar-refractivity contribution is 0.103. The molecule has 0 amide bonds. The summed E-state index contributed by atoms with van der Waals surface area (Å²) in [6, 6.07) is 10.6. The largest absolute Gasteiger partial charge is 0.506 e. The van der Waals surface area contributed by atoms with E-state index < -0.39 is 0 Å². The van der Waals surface area contributed by atoms with Crippen molar-refractivity contribution < 1.29 is 14.3 Å². The third kappa shape index (κ3) is 2.04. The van der Waals surface area contributed by atoms with Crippen LogP contribution in [0.2, 0.25) is 0 Å². The number of carbonyl (C=O) groups is 1. The first-order valence-corrected chi connectivity index (χ1v) is 8.00. The van der Waals surface area contributed by atoms with Crippen molar-refractivity contribution in [3.8, 4) is 5.75 Å². The zero-order valence-electron chi connectivity index (χ0n) is 12.6. The Kier molecular flexibility index (Phi) is 2.99. The second-order valence-electron chi connectivity index (χ2n) is 5.41. The molecule has 0 bridgehead atoms. The molecule has 0 saturated heterocycles. The lowest BCUT2D eigenvalue weighted by atomic mass is 10.0. The van der Waals surface area contributed by atoms with Gasteiger partial charge in [0.25, 0.3) is 0 Å². The summed E-state index contributed by atoms with van der Waals surface area (Å²) in [5.41, 5.74) is 2.22. The van der Waals surface area contributed by atoms with Crippen LogP contribution in [0.1, 0.15) is 26.7 Å². The lowest BCUT2D eigenvalue weighted by Crippen LogP contribution is -2.01.